The van der Waals surface area contributed by atoms with Crippen LogP contribution in [0.25, 0.3) is 0 Å². The molecule has 0 saturated heterocycles. The minimum atomic E-state index is -0.474. The van der Waals surface area contributed by atoms with Crippen LogP contribution in [0.15, 0.2) is 76.6 Å². The van der Waals surface area contributed by atoms with E-state index in [0.29, 0.717) is 17.3 Å². The Hall–Kier alpha value is -3.10. The molecule has 3 rings (SSSR count). The summed E-state index contributed by atoms with van der Waals surface area (Å²) in [7, 11) is 0. The summed E-state index contributed by atoms with van der Waals surface area (Å²) in [6, 6.07) is 16.1. The largest absolute Gasteiger partial charge is 0.324 e. The van der Waals surface area contributed by atoms with Crippen molar-refractivity contribution in [3.05, 3.63) is 97.9 Å². The molecule has 148 valence electrons. The molecule has 0 aliphatic carbocycles. The number of aromatic nitrogens is 1. The van der Waals surface area contributed by atoms with Crippen molar-refractivity contribution in [1.29, 1.82) is 0 Å². The second kappa shape index (κ2) is 9.40. The molecule has 0 spiro atoms. The van der Waals surface area contributed by atoms with Crippen molar-refractivity contribution < 1.29 is 9.72 Å². The number of anilines is 1. The predicted molar refractivity (Wildman–Crippen MR) is 114 cm³/mol. The number of benzene rings is 2. The maximum Gasteiger partial charge on any atom is 0.269 e. The molecule has 0 aliphatic rings. The molecule has 0 atom stereocenters. The number of nitrogens with zero attached hydrogens (tertiary/aromatic N) is 2. The van der Waals surface area contributed by atoms with Crippen molar-refractivity contribution in [1.82, 2.24) is 4.57 Å². The van der Waals surface area contributed by atoms with Gasteiger partial charge in [0.2, 0.25) is 5.91 Å². The van der Waals surface area contributed by atoms with Crippen LogP contribution in [-0.2, 0) is 11.3 Å². The molecule has 0 fully saturated rings. The van der Waals surface area contributed by atoms with Gasteiger partial charge in [-0.15, -0.1) is 11.8 Å². The number of hydrogen-bond acceptors (Lipinski definition) is 5. The van der Waals surface area contributed by atoms with Gasteiger partial charge >= 0.3 is 0 Å². The van der Waals surface area contributed by atoms with E-state index in [9.17, 15) is 19.7 Å². The first kappa shape index (κ1) is 20.6. The van der Waals surface area contributed by atoms with Crippen LogP contribution >= 0.6 is 23.4 Å². The molecular weight excluding hydrogens is 414 g/mol. The zero-order valence-electron chi connectivity index (χ0n) is 15.1. The zero-order valence-corrected chi connectivity index (χ0v) is 16.7. The van der Waals surface area contributed by atoms with Crippen LogP contribution in [0.2, 0.25) is 5.02 Å². The van der Waals surface area contributed by atoms with E-state index in [1.807, 2.05) is 18.2 Å². The molecule has 9 heteroatoms. The lowest BCUT2D eigenvalue weighted by Crippen LogP contribution is -2.21. The Morgan fingerprint density at radius 1 is 1.10 bits per heavy atom. The number of hydrogen-bond donors (Lipinski definition) is 1. The molecule has 0 aliphatic heterocycles. The van der Waals surface area contributed by atoms with Gasteiger partial charge in [-0.05, 0) is 29.8 Å². The molecule has 1 heterocycles. The minimum Gasteiger partial charge on any atom is -0.324 e. The van der Waals surface area contributed by atoms with E-state index in [-0.39, 0.29) is 22.9 Å². The second-order valence-electron chi connectivity index (χ2n) is 6.06. The average molecular weight is 430 g/mol. The predicted octanol–water partition coefficient (Wildman–Crippen LogP) is 4.19. The number of halogens is 1. The van der Waals surface area contributed by atoms with Gasteiger partial charge < -0.3 is 9.88 Å². The van der Waals surface area contributed by atoms with Crippen molar-refractivity contribution in [2.45, 2.75) is 11.4 Å². The zero-order chi connectivity index (χ0) is 20.8. The summed E-state index contributed by atoms with van der Waals surface area (Å²) in [6.07, 6.45) is 1.57. The van der Waals surface area contributed by atoms with Crippen molar-refractivity contribution in [2.75, 3.05) is 11.1 Å². The summed E-state index contributed by atoms with van der Waals surface area (Å²) in [5.74, 6) is -0.127. The fourth-order valence-corrected chi connectivity index (χ4v) is 3.44. The van der Waals surface area contributed by atoms with Gasteiger partial charge in [0, 0.05) is 34.3 Å². The summed E-state index contributed by atoms with van der Waals surface area (Å²) in [6.45, 7) is 0.291. The van der Waals surface area contributed by atoms with E-state index in [0.717, 1.165) is 10.5 Å². The molecule has 0 saturated carbocycles. The first-order valence-electron chi connectivity index (χ1n) is 8.53. The van der Waals surface area contributed by atoms with Crippen molar-refractivity contribution in [3.63, 3.8) is 0 Å². The Morgan fingerprint density at radius 2 is 1.83 bits per heavy atom. The van der Waals surface area contributed by atoms with Crippen LogP contribution in [0.4, 0.5) is 11.4 Å². The third kappa shape index (κ3) is 5.69. The summed E-state index contributed by atoms with van der Waals surface area (Å²) >= 11 is 7.41. The first-order chi connectivity index (χ1) is 13.9. The summed E-state index contributed by atoms with van der Waals surface area (Å²) < 4.78 is 1.47. The van der Waals surface area contributed by atoms with Crippen LogP contribution in [0.3, 0.4) is 0 Å². The Kier molecular flexibility index (Phi) is 6.69. The maximum absolute atomic E-state index is 12.2. The summed E-state index contributed by atoms with van der Waals surface area (Å²) in [5.41, 5.74) is 1.09. The standard InChI is InChI=1S/C20H16ClN3O4S/c21-18-4-2-1-3-14(18)11-23-12-15(5-10-20(23)26)22-19(25)13-29-17-8-6-16(7-9-17)24(27)28/h1-10,12H,11,13H2,(H,22,25). The number of nitro benzene ring substituents is 1. The molecule has 0 radical (unpaired) electrons. The Balaban J connectivity index is 1.62. The highest BCUT2D eigenvalue weighted by Gasteiger charge is 2.08. The highest BCUT2D eigenvalue weighted by molar-refractivity contribution is 8.00. The van der Waals surface area contributed by atoms with Gasteiger partial charge in [0.15, 0.2) is 0 Å². The molecule has 1 aromatic heterocycles. The van der Waals surface area contributed by atoms with E-state index in [4.69, 9.17) is 11.6 Å². The summed E-state index contributed by atoms with van der Waals surface area (Å²) in [4.78, 5) is 35.3. The van der Waals surface area contributed by atoms with Gasteiger partial charge in [-0.2, -0.15) is 0 Å². The molecule has 1 N–H and O–H groups in total. The molecule has 29 heavy (non-hydrogen) atoms. The van der Waals surface area contributed by atoms with Crippen LogP contribution in [0.1, 0.15) is 5.56 Å². The SMILES string of the molecule is O=C(CSc1ccc([N+](=O)[O-])cc1)Nc1ccc(=O)n(Cc2ccccc2Cl)c1. The lowest BCUT2D eigenvalue weighted by Gasteiger charge is -2.10. The number of carbonyl (C=O) groups is 1. The first-order valence-corrected chi connectivity index (χ1v) is 9.90. The van der Waals surface area contributed by atoms with Gasteiger partial charge in [-0.25, -0.2) is 0 Å². The fraction of sp³-hybridized carbons (Fsp3) is 0.100. The number of carbonyl (C=O) groups excluding carboxylic acids is 1. The number of rotatable bonds is 7. The van der Waals surface area contributed by atoms with Gasteiger partial charge in [0.1, 0.15) is 0 Å². The highest BCUT2D eigenvalue weighted by atomic mass is 35.5. The third-order valence-corrected chi connectivity index (χ3v) is 5.36. The Bertz CT molecular complexity index is 1100. The third-order valence-electron chi connectivity index (χ3n) is 3.98. The number of nitrogens with one attached hydrogen (secondary N) is 1. The molecule has 0 bridgehead atoms. The van der Waals surface area contributed by atoms with Crippen molar-refractivity contribution in [2.24, 2.45) is 0 Å². The number of pyridine rings is 1. The molecular formula is C20H16ClN3O4S. The van der Waals surface area contributed by atoms with Crippen molar-refractivity contribution in [3.8, 4) is 0 Å². The minimum absolute atomic E-state index is 0.000391. The number of amides is 1. The topological polar surface area (TPSA) is 94.2 Å². The lowest BCUT2D eigenvalue weighted by molar-refractivity contribution is -0.384. The fourth-order valence-electron chi connectivity index (χ4n) is 2.55. The van der Waals surface area contributed by atoms with Gasteiger partial charge in [-0.1, -0.05) is 29.8 Å². The maximum atomic E-state index is 12.2. The second-order valence-corrected chi connectivity index (χ2v) is 7.52. The smallest absolute Gasteiger partial charge is 0.269 e. The van der Waals surface area contributed by atoms with Gasteiger partial charge in [0.05, 0.1) is 22.9 Å². The Morgan fingerprint density at radius 3 is 2.52 bits per heavy atom. The number of non-ortho nitro benzene ring substituents is 1. The van der Waals surface area contributed by atoms with Crippen LogP contribution in [0, 0.1) is 10.1 Å². The monoisotopic (exact) mass is 429 g/mol. The Labute approximate surface area is 175 Å². The van der Waals surface area contributed by atoms with Gasteiger partial charge in [0.25, 0.3) is 11.2 Å². The van der Waals surface area contributed by atoms with E-state index in [1.165, 1.54) is 34.5 Å². The van der Waals surface area contributed by atoms with Crippen molar-refractivity contribution >= 4 is 40.6 Å². The van der Waals surface area contributed by atoms with Crippen LogP contribution in [0.5, 0.6) is 0 Å². The summed E-state index contributed by atoms with van der Waals surface area (Å²) in [5, 5.41) is 14.0. The molecule has 0 unspecified atom stereocenters. The molecule has 7 nitrogen and oxygen atoms in total. The molecule has 1 amide bonds. The van der Waals surface area contributed by atoms with Crippen LogP contribution < -0.4 is 10.9 Å². The number of nitro groups is 1. The van der Waals surface area contributed by atoms with Crippen LogP contribution in [-0.4, -0.2) is 21.2 Å². The van der Waals surface area contributed by atoms with E-state index < -0.39 is 4.92 Å². The average Bonchev–Trinajstić information content (AvgIpc) is 2.71. The normalized spacial score (nSPS) is 10.5. The quantitative estimate of drug-likeness (QED) is 0.345. The highest BCUT2D eigenvalue weighted by Crippen LogP contribution is 2.21. The van der Waals surface area contributed by atoms with E-state index >= 15 is 0 Å². The van der Waals surface area contributed by atoms with E-state index in [2.05, 4.69) is 5.32 Å². The number of thioether (sulfide) groups is 1. The van der Waals surface area contributed by atoms with E-state index in [1.54, 1.807) is 30.5 Å². The molecule has 2 aromatic carbocycles. The van der Waals surface area contributed by atoms with Gasteiger partial charge in [-0.3, -0.25) is 19.7 Å². The molecule has 3 aromatic rings. The lowest BCUT2D eigenvalue weighted by atomic mass is 10.2.